The summed E-state index contributed by atoms with van der Waals surface area (Å²) in [4.78, 5) is 4.81. The van der Waals surface area contributed by atoms with Crippen LogP contribution in [-0.2, 0) is 0 Å². The number of benzene rings is 5. The molecule has 0 saturated carbocycles. The van der Waals surface area contributed by atoms with Crippen molar-refractivity contribution >= 4 is 10.9 Å². The average molecular weight is 452 g/mol. The number of hydrogen-bond donors (Lipinski definition) is 0. The quantitative estimate of drug-likeness (QED) is 0.260. The number of pyridine rings is 1. The zero-order valence-corrected chi connectivity index (χ0v) is 19.0. The van der Waals surface area contributed by atoms with Crippen LogP contribution in [0.1, 0.15) is 0 Å². The lowest BCUT2D eigenvalue weighted by molar-refractivity contribution is 0.628. The highest BCUT2D eigenvalue weighted by atomic mass is 19.1. The number of nitrogens with zero attached hydrogens (tertiary/aromatic N) is 1. The van der Waals surface area contributed by atoms with Gasteiger partial charge in [-0.05, 0) is 57.6 Å². The standard InChI is InChI=1S/C33H22FN/c34-31-20-17-28(18-21-31)26-11-9-24(10-12-26)23-5-7-25(8-6-23)27-13-15-30(16-14-27)33-22-19-29-3-1-2-4-32(29)35-33/h1-22H. The van der Waals surface area contributed by atoms with Gasteiger partial charge in [-0.15, -0.1) is 0 Å². The van der Waals surface area contributed by atoms with Crippen LogP contribution in [0, 0.1) is 5.82 Å². The summed E-state index contributed by atoms with van der Waals surface area (Å²) in [6.45, 7) is 0. The van der Waals surface area contributed by atoms with Crippen molar-refractivity contribution in [2.24, 2.45) is 0 Å². The largest absolute Gasteiger partial charge is 0.248 e. The summed E-state index contributed by atoms with van der Waals surface area (Å²) in [5.74, 6) is -0.217. The van der Waals surface area contributed by atoms with Crippen LogP contribution in [0.15, 0.2) is 133 Å². The Morgan fingerprint density at radius 1 is 0.371 bits per heavy atom. The summed E-state index contributed by atoms with van der Waals surface area (Å²) in [6.07, 6.45) is 0. The number of hydrogen-bond acceptors (Lipinski definition) is 1. The molecule has 0 aliphatic carbocycles. The van der Waals surface area contributed by atoms with Crippen LogP contribution >= 0.6 is 0 Å². The minimum absolute atomic E-state index is 0.217. The van der Waals surface area contributed by atoms with Crippen LogP contribution in [-0.4, -0.2) is 4.98 Å². The molecule has 1 heterocycles. The van der Waals surface area contributed by atoms with Crippen LogP contribution < -0.4 is 0 Å². The van der Waals surface area contributed by atoms with E-state index < -0.39 is 0 Å². The second-order valence-electron chi connectivity index (χ2n) is 8.63. The molecule has 0 spiro atoms. The van der Waals surface area contributed by atoms with Gasteiger partial charge in [-0.2, -0.15) is 0 Å². The maximum atomic E-state index is 13.2. The third-order valence-corrected chi connectivity index (χ3v) is 6.39. The molecule has 0 fully saturated rings. The third-order valence-electron chi connectivity index (χ3n) is 6.39. The monoisotopic (exact) mass is 451 g/mol. The van der Waals surface area contributed by atoms with Gasteiger partial charge in [0.2, 0.25) is 0 Å². The highest BCUT2D eigenvalue weighted by molar-refractivity contribution is 5.82. The summed E-state index contributed by atoms with van der Waals surface area (Å²) in [5, 5.41) is 1.15. The molecule has 0 aliphatic rings. The minimum atomic E-state index is -0.217. The first-order chi connectivity index (χ1) is 17.2. The summed E-state index contributed by atoms with van der Waals surface area (Å²) < 4.78 is 13.2. The van der Waals surface area contributed by atoms with E-state index in [9.17, 15) is 4.39 Å². The zero-order valence-electron chi connectivity index (χ0n) is 19.0. The summed E-state index contributed by atoms with van der Waals surface area (Å²) in [5.41, 5.74) is 9.85. The van der Waals surface area contributed by atoms with Crippen LogP contribution in [0.2, 0.25) is 0 Å². The average Bonchev–Trinajstić information content (AvgIpc) is 2.93. The van der Waals surface area contributed by atoms with Gasteiger partial charge < -0.3 is 0 Å². The molecule has 5 aromatic carbocycles. The van der Waals surface area contributed by atoms with E-state index in [0.717, 1.165) is 44.4 Å². The molecule has 0 aliphatic heterocycles. The van der Waals surface area contributed by atoms with Gasteiger partial charge in [0, 0.05) is 10.9 Å². The fraction of sp³-hybridized carbons (Fsp3) is 0. The number of aromatic nitrogens is 1. The van der Waals surface area contributed by atoms with Gasteiger partial charge in [0.1, 0.15) is 5.82 Å². The molecule has 0 unspecified atom stereocenters. The molecule has 0 saturated heterocycles. The Hall–Kier alpha value is -4.56. The molecule has 0 amide bonds. The topological polar surface area (TPSA) is 12.9 Å². The van der Waals surface area contributed by atoms with Crippen LogP contribution in [0.4, 0.5) is 4.39 Å². The molecule has 6 rings (SSSR count). The van der Waals surface area contributed by atoms with Crippen molar-refractivity contribution in [2.45, 2.75) is 0 Å². The van der Waals surface area contributed by atoms with Crippen molar-refractivity contribution in [2.75, 3.05) is 0 Å². The molecular weight excluding hydrogens is 429 g/mol. The molecule has 6 aromatic rings. The number of rotatable bonds is 4. The Bertz CT molecular complexity index is 1600. The van der Waals surface area contributed by atoms with Crippen molar-refractivity contribution in [1.29, 1.82) is 0 Å². The lowest BCUT2D eigenvalue weighted by atomic mass is 9.97. The van der Waals surface area contributed by atoms with Gasteiger partial charge in [-0.1, -0.05) is 109 Å². The molecule has 0 atom stereocenters. The number of halogens is 1. The first-order valence-electron chi connectivity index (χ1n) is 11.7. The van der Waals surface area contributed by atoms with E-state index >= 15 is 0 Å². The number of para-hydroxylation sites is 1. The van der Waals surface area contributed by atoms with E-state index in [0.29, 0.717) is 0 Å². The fourth-order valence-corrected chi connectivity index (χ4v) is 4.41. The fourth-order valence-electron chi connectivity index (χ4n) is 4.41. The van der Waals surface area contributed by atoms with E-state index in [-0.39, 0.29) is 5.82 Å². The third kappa shape index (κ3) is 4.34. The maximum Gasteiger partial charge on any atom is 0.123 e. The van der Waals surface area contributed by atoms with Crippen molar-refractivity contribution in [3.8, 4) is 44.6 Å². The molecule has 2 heteroatoms. The van der Waals surface area contributed by atoms with E-state index in [1.807, 2.05) is 18.2 Å². The van der Waals surface area contributed by atoms with E-state index in [1.54, 1.807) is 12.1 Å². The summed E-state index contributed by atoms with van der Waals surface area (Å²) >= 11 is 0. The molecule has 35 heavy (non-hydrogen) atoms. The Labute approximate surface area is 204 Å². The smallest absolute Gasteiger partial charge is 0.123 e. The van der Waals surface area contributed by atoms with E-state index in [1.165, 1.54) is 23.3 Å². The highest BCUT2D eigenvalue weighted by Gasteiger charge is 2.05. The van der Waals surface area contributed by atoms with Gasteiger partial charge in [0.15, 0.2) is 0 Å². The van der Waals surface area contributed by atoms with Crippen molar-refractivity contribution in [3.05, 3.63) is 139 Å². The lowest BCUT2D eigenvalue weighted by Crippen LogP contribution is -1.86. The van der Waals surface area contributed by atoms with Crippen LogP contribution in [0.3, 0.4) is 0 Å². The summed E-state index contributed by atoms with van der Waals surface area (Å²) in [6, 6.07) is 44.6. The highest BCUT2D eigenvalue weighted by Crippen LogP contribution is 2.29. The predicted octanol–water partition coefficient (Wildman–Crippen LogP) is 9.04. The molecular formula is C33H22FN. The second-order valence-corrected chi connectivity index (χ2v) is 8.63. The molecule has 0 bridgehead atoms. The van der Waals surface area contributed by atoms with Crippen molar-refractivity contribution in [1.82, 2.24) is 4.98 Å². The van der Waals surface area contributed by atoms with Gasteiger partial charge in [0.05, 0.1) is 11.2 Å². The summed E-state index contributed by atoms with van der Waals surface area (Å²) in [7, 11) is 0. The van der Waals surface area contributed by atoms with Gasteiger partial charge >= 0.3 is 0 Å². The second kappa shape index (κ2) is 9.00. The maximum absolute atomic E-state index is 13.2. The van der Waals surface area contributed by atoms with E-state index in [4.69, 9.17) is 4.98 Å². The Morgan fingerprint density at radius 3 is 1.26 bits per heavy atom. The Morgan fingerprint density at radius 2 is 0.771 bits per heavy atom. The van der Waals surface area contributed by atoms with Gasteiger partial charge in [-0.25, -0.2) is 9.37 Å². The normalized spacial score (nSPS) is 11.0. The molecule has 1 nitrogen and oxygen atoms in total. The predicted molar refractivity (Wildman–Crippen MR) is 143 cm³/mol. The molecule has 0 N–H and O–H groups in total. The molecule has 1 aromatic heterocycles. The van der Waals surface area contributed by atoms with Crippen LogP contribution in [0.25, 0.3) is 55.5 Å². The van der Waals surface area contributed by atoms with Gasteiger partial charge in [0.25, 0.3) is 0 Å². The SMILES string of the molecule is Fc1ccc(-c2ccc(-c3ccc(-c4ccc(-c5ccc6ccccc6n5)cc4)cc3)cc2)cc1. The molecule has 166 valence electrons. The minimum Gasteiger partial charge on any atom is -0.248 e. The Kier molecular flexibility index (Phi) is 5.40. The molecule has 0 radical (unpaired) electrons. The zero-order chi connectivity index (χ0) is 23.6. The van der Waals surface area contributed by atoms with Crippen molar-refractivity contribution in [3.63, 3.8) is 0 Å². The lowest BCUT2D eigenvalue weighted by Gasteiger charge is -2.08. The van der Waals surface area contributed by atoms with E-state index in [2.05, 4.69) is 91.0 Å². The first-order valence-corrected chi connectivity index (χ1v) is 11.7. The van der Waals surface area contributed by atoms with Gasteiger partial charge in [-0.3, -0.25) is 0 Å². The first kappa shape index (κ1) is 21.0. The Balaban J connectivity index is 1.21. The number of fused-ring (bicyclic) bond motifs is 1. The van der Waals surface area contributed by atoms with Crippen LogP contribution in [0.5, 0.6) is 0 Å². The van der Waals surface area contributed by atoms with Crippen molar-refractivity contribution < 1.29 is 4.39 Å².